The van der Waals surface area contributed by atoms with Crippen LogP contribution in [-0.4, -0.2) is 48.3 Å². The Morgan fingerprint density at radius 1 is 1.37 bits per heavy atom. The number of nitrogens with one attached hydrogen (secondary N) is 1. The van der Waals surface area contributed by atoms with Crippen LogP contribution in [0.4, 0.5) is 5.82 Å². The Balaban J connectivity index is 2.30. The monoisotopic (exact) mass is 376 g/mol. The van der Waals surface area contributed by atoms with Gasteiger partial charge < -0.3 is 21.1 Å². The molecule has 1 fully saturated rings. The SMILES string of the molecule is CCCCC(CC)Cc1ccc(C(N)=O)c(N(CCO)C2CCNCC2)n1. The van der Waals surface area contributed by atoms with Crippen LogP contribution in [0.25, 0.3) is 0 Å². The van der Waals surface area contributed by atoms with E-state index >= 15 is 0 Å². The summed E-state index contributed by atoms with van der Waals surface area (Å²) in [4.78, 5) is 19.0. The number of anilines is 1. The molecule has 1 aliphatic heterocycles. The summed E-state index contributed by atoms with van der Waals surface area (Å²) in [5, 5.41) is 13.0. The number of primary amides is 1. The van der Waals surface area contributed by atoms with Gasteiger partial charge in [0.05, 0.1) is 12.2 Å². The summed E-state index contributed by atoms with van der Waals surface area (Å²) in [5.74, 6) is 0.792. The number of amides is 1. The largest absolute Gasteiger partial charge is 0.395 e. The standard InChI is InChI=1S/C21H36N4O2/c1-3-5-6-16(4-2)15-17-7-8-19(20(22)27)21(24-17)25(13-14-26)18-9-11-23-12-10-18/h7-8,16,18,23,26H,3-6,9-15H2,1-2H3,(H2,22,27). The number of rotatable bonds is 11. The van der Waals surface area contributed by atoms with Crippen molar-refractivity contribution in [1.29, 1.82) is 0 Å². The molecule has 1 saturated heterocycles. The fraction of sp³-hybridized carbons (Fsp3) is 0.714. The van der Waals surface area contributed by atoms with Crippen molar-refractivity contribution < 1.29 is 9.90 Å². The Bertz CT molecular complexity index is 588. The summed E-state index contributed by atoms with van der Waals surface area (Å²) in [7, 11) is 0. The first-order valence-corrected chi connectivity index (χ1v) is 10.5. The first-order chi connectivity index (χ1) is 13.1. The molecule has 6 nitrogen and oxygen atoms in total. The number of unbranched alkanes of at least 4 members (excludes halogenated alkanes) is 1. The highest BCUT2D eigenvalue weighted by atomic mass is 16.3. The molecule has 0 radical (unpaired) electrons. The van der Waals surface area contributed by atoms with Crippen molar-refractivity contribution >= 4 is 11.7 Å². The van der Waals surface area contributed by atoms with Gasteiger partial charge in [0.25, 0.3) is 5.91 Å². The van der Waals surface area contributed by atoms with Crippen LogP contribution in [0.2, 0.25) is 0 Å². The zero-order valence-corrected chi connectivity index (χ0v) is 16.9. The van der Waals surface area contributed by atoms with Gasteiger partial charge in [0.15, 0.2) is 0 Å². The lowest BCUT2D eigenvalue weighted by Gasteiger charge is -2.36. The Labute approximate surface area is 163 Å². The van der Waals surface area contributed by atoms with Gasteiger partial charge in [-0.2, -0.15) is 0 Å². The summed E-state index contributed by atoms with van der Waals surface area (Å²) in [6.07, 6.45) is 7.63. The van der Waals surface area contributed by atoms with Gasteiger partial charge in [-0.25, -0.2) is 4.98 Å². The third kappa shape index (κ3) is 6.18. The molecule has 2 rings (SSSR count). The molecule has 0 spiro atoms. The highest BCUT2D eigenvalue weighted by Gasteiger charge is 2.26. The maximum Gasteiger partial charge on any atom is 0.252 e. The maximum atomic E-state index is 12.0. The van der Waals surface area contributed by atoms with E-state index in [9.17, 15) is 9.90 Å². The number of carbonyl (C=O) groups is 1. The number of hydrogen-bond acceptors (Lipinski definition) is 5. The van der Waals surface area contributed by atoms with Crippen LogP contribution in [0.1, 0.15) is 68.4 Å². The number of pyridine rings is 1. The molecule has 4 N–H and O–H groups in total. The molecule has 1 atom stereocenters. The van der Waals surface area contributed by atoms with Gasteiger partial charge in [-0.3, -0.25) is 4.79 Å². The van der Waals surface area contributed by atoms with E-state index in [-0.39, 0.29) is 12.6 Å². The molecule has 1 aromatic heterocycles. The number of carbonyl (C=O) groups excluding carboxylic acids is 1. The fourth-order valence-corrected chi connectivity index (χ4v) is 3.94. The lowest BCUT2D eigenvalue weighted by Crippen LogP contribution is -2.45. The number of piperidine rings is 1. The summed E-state index contributed by atoms with van der Waals surface area (Å²) in [5.41, 5.74) is 7.10. The number of nitrogens with zero attached hydrogens (tertiary/aromatic N) is 2. The Hall–Kier alpha value is -1.66. The summed E-state index contributed by atoms with van der Waals surface area (Å²) >= 11 is 0. The molecule has 152 valence electrons. The first-order valence-electron chi connectivity index (χ1n) is 10.5. The van der Waals surface area contributed by atoms with Gasteiger partial charge in [-0.1, -0.05) is 39.5 Å². The molecule has 27 heavy (non-hydrogen) atoms. The van der Waals surface area contributed by atoms with Gasteiger partial charge in [-0.05, 0) is 50.4 Å². The van der Waals surface area contributed by atoms with E-state index in [1.165, 1.54) is 19.3 Å². The van der Waals surface area contributed by atoms with E-state index in [1.54, 1.807) is 0 Å². The smallest absolute Gasteiger partial charge is 0.252 e. The average molecular weight is 377 g/mol. The Morgan fingerprint density at radius 2 is 2.11 bits per heavy atom. The van der Waals surface area contributed by atoms with Crippen LogP contribution in [0, 0.1) is 5.92 Å². The minimum Gasteiger partial charge on any atom is -0.395 e. The molecule has 2 heterocycles. The minimum atomic E-state index is -0.459. The highest BCUT2D eigenvalue weighted by molar-refractivity contribution is 5.97. The van der Waals surface area contributed by atoms with Crippen LogP contribution < -0.4 is 16.0 Å². The highest BCUT2D eigenvalue weighted by Crippen LogP contribution is 2.26. The molecule has 0 saturated carbocycles. The summed E-state index contributed by atoms with van der Waals surface area (Å²) < 4.78 is 0. The predicted octanol–water partition coefficient (Wildman–Crippen LogP) is 2.49. The molecule has 0 bridgehead atoms. The molecule has 0 aliphatic carbocycles. The van der Waals surface area contributed by atoms with E-state index in [2.05, 4.69) is 24.1 Å². The lowest BCUT2D eigenvalue weighted by atomic mass is 9.94. The number of nitrogens with two attached hydrogens (primary N) is 1. The number of aliphatic hydroxyl groups excluding tert-OH is 1. The van der Waals surface area contributed by atoms with E-state index in [0.29, 0.717) is 23.8 Å². The van der Waals surface area contributed by atoms with E-state index in [0.717, 1.165) is 44.5 Å². The van der Waals surface area contributed by atoms with Crippen molar-refractivity contribution in [2.24, 2.45) is 11.7 Å². The molecule has 1 amide bonds. The van der Waals surface area contributed by atoms with E-state index in [4.69, 9.17) is 10.7 Å². The molecule has 1 aromatic rings. The van der Waals surface area contributed by atoms with Gasteiger partial charge in [-0.15, -0.1) is 0 Å². The van der Waals surface area contributed by atoms with Crippen molar-refractivity contribution in [2.75, 3.05) is 31.1 Å². The molecule has 1 aliphatic rings. The van der Waals surface area contributed by atoms with E-state index < -0.39 is 5.91 Å². The zero-order valence-electron chi connectivity index (χ0n) is 16.9. The molecule has 1 unspecified atom stereocenters. The first kappa shape index (κ1) is 21.6. The maximum absolute atomic E-state index is 12.0. The number of aliphatic hydroxyl groups is 1. The van der Waals surface area contributed by atoms with Crippen LogP contribution in [-0.2, 0) is 6.42 Å². The second-order valence-electron chi connectivity index (χ2n) is 7.56. The summed E-state index contributed by atoms with van der Waals surface area (Å²) in [6, 6.07) is 4.02. The van der Waals surface area contributed by atoms with Gasteiger partial charge in [0.2, 0.25) is 0 Å². The molecule has 6 heteroatoms. The molecular weight excluding hydrogens is 340 g/mol. The number of hydrogen-bond donors (Lipinski definition) is 3. The van der Waals surface area contributed by atoms with Crippen LogP contribution in [0.5, 0.6) is 0 Å². The molecule has 0 aromatic carbocycles. The Morgan fingerprint density at radius 3 is 2.70 bits per heavy atom. The van der Waals surface area contributed by atoms with Crippen molar-refractivity contribution in [3.8, 4) is 0 Å². The minimum absolute atomic E-state index is 0.0299. The van der Waals surface area contributed by atoms with Gasteiger partial charge >= 0.3 is 0 Å². The third-order valence-corrected chi connectivity index (χ3v) is 5.60. The second kappa shape index (κ2) is 11.2. The second-order valence-corrected chi connectivity index (χ2v) is 7.56. The number of aromatic nitrogens is 1. The topological polar surface area (TPSA) is 91.5 Å². The zero-order chi connectivity index (χ0) is 19.6. The van der Waals surface area contributed by atoms with Gasteiger partial charge in [0.1, 0.15) is 5.82 Å². The van der Waals surface area contributed by atoms with E-state index in [1.807, 2.05) is 12.1 Å². The quantitative estimate of drug-likeness (QED) is 0.552. The molecular formula is C21H36N4O2. The van der Waals surface area contributed by atoms with Crippen molar-refractivity contribution in [2.45, 2.75) is 64.8 Å². The average Bonchev–Trinajstić information content (AvgIpc) is 2.69. The Kier molecular flexibility index (Phi) is 9.01. The van der Waals surface area contributed by atoms with Crippen molar-refractivity contribution in [1.82, 2.24) is 10.3 Å². The third-order valence-electron chi connectivity index (χ3n) is 5.60. The van der Waals surface area contributed by atoms with Crippen molar-refractivity contribution in [3.63, 3.8) is 0 Å². The fourth-order valence-electron chi connectivity index (χ4n) is 3.94. The summed E-state index contributed by atoms with van der Waals surface area (Å²) in [6.45, 7) is 6.82. The van der Waals surface area contributed by atoms with Crippen LogP contribution in [0.15, 0.2) is 12.1 Å². The normalized spacial score (nSPS) is 16.3. The van der Waals surface area contributed by atoms with Crippen LogP contribution in [0.3, 0.4) is 0 Å². The van der Waals surface area contributed by atoms with Crippen LogP contribution >= 0.6 is 0 Å². The van der Waals surface area contributed by atoms with Gasteiger partial charge in [0, 0.05) is 18.3 Å². The predicted molar refractivity (Wildman–Crippen MR) is 110 cm³/mol. The lowest BCUT2D eigenvalue weighted by molar-refractivity contribution is 0.1000. The van der Waals surface area contributed by atoms with Crippen molar-refractivity contribution in [3.05, 3.63) is 23.4 Å².